The van der Waals surface area contributed by atoms with Gasteiger partial charge in [0.05, 0.1) is 0 Å². The van der Waals surface area contributed by atoms with Gasteiger partial charge in [-0.05, 0) is 29.8 Å². The molecule has 132 valence electrons. The number of amides is 1. The second kappa shape index (κ2) is 8.45. The second-order valence-electron chi connectivity index (χ2n) is 5.65. The Labute approximate surface area is 156 Å². The molecular weight excluding hydrogens is 353 g/mol. The molecule has 0 fully saturated rings. The maximum absolute atomic E-state index is 13.6. The lowest BCUT2D eigenvalue weighted by Gasteiger charge is -2.10. The number of rotatable bonds is 6. The average molecular weight is 370 g/mol. The number of hydrogen-bond donors (Lipinski definition) is 2. The van der Waals surface area contributed by atoms with E-state index < -0.39 is 0 Å². The first-order valence-corrected chi connectivity index (χ1v) is 8.46. The number of carbonyl (C=O) groups excluding carboxylic acids is 1. The van der Waals surface area contributed by atoms with Crippen LogP contribution >= 0.6 is 11.6 Å². The van der Waals surface area contributed by atoms with Crippen molar-refractivity contribution in [3.8, 4) is 0 Å². The van der Waals surface area contributed by atoms with Crippen LogP contribution in [-0.2, 0) is 13.1 Å². The van der Waals surface area contributed by atoms with Gasteiger partial charge >= 0.3 is 0 Å². The van der Waals surface area contributed by atoms with Crippen molar-refractivity contribution in [2.75, 3.05) is 5.32 Å². The van der Waals surface area contributed by atoms with E-state index in [1.54, 1.807) is 36.5 Å². The molecule has 3 rings (SSSR count). The Morgan fingerprint density at radius 2 is 1.73 bits per heavy atom. The summed E-state index contributed by atoms with van der Waals surface area (Å²) in [5.41, 5.74) is 2.38. The molecule has 2 N–H and O–H groups in total. The monoisotopic (exact) mass is 369 g/mol. The highest BCUT2D eigenvalue weighted by Crippen LogP contribution is 2.17. The Morgan fingerprint density at radius 3 is 2.50 bits per heavy atom. The van der Waals surface area contributed by atoms with E-state index in [0.29, 0.717) is 17.1 Å². The smallest absolute Gasteiger partial charge is 0.270 e. The van der Waals surface area contributed by atoms with E-state index in [2.05, 4.69) is 15.6 Å². The van der Waals surface area contributed by atoms with E-state index in [-0.39, 0.29) is 24.0 Å². The fourth-order valence-corrected chi connectivity index (χ4v) is 2.61. The summed E-state index contributed by atoms with van der Waals surface area (Å²) in [7, 11) is 0. The van der Waals surface area contributed by atoms with Crippen LogP contribution in [-0.4, -0.2) is 10.9 Å². The number of hydrogen-bond acceptors (Lipinski definition) is 3. The Hall–Kier alpha value is -2.92. The number of benzene rings is 2. The molecule has 2 aromatic carbocycles. The van der Waals surface area contributed by atoms with E-state index in [0.717, 1.165) is 11.3 Å². The molecule has 26 heavy (non-hydrogen) atoms. The summed E-state index contributed by atoms with van der Waals surface area (Å²) >= 11 is 6.14. The van der Waals surface area contributed by atoms with Crippen molar-refractivity contribution in [1.29, 1.82) is 0 Å². The Bertz CT molecular complexity index is 917. The maximum atomic E-state index is 13.6. The summed E-state index contributed by atoms with van der Waals surface area (Å²) in [5.74, 6) is -0.717. The van der Waals surface area contributed by atoms with Gasteiger partial charge in [-0.3, -0.25) is 9.78 Å². The van der Waals surface area contributed by atoms with Crippen molar-refractivity contribution >= 4 is 23.2 Å². The molecule has 0 aliphatic carbocycles. The van der Waals surface area contributed by atoms with Gasteiger partial charge in [-0.25, -0.2) is 4.39 Å². The zero-order chi connectivity index (χ0) is 18.4. The van der Waals surface area contributed by atoms with Crippen LogP contribution in [0.3, 0.4) is 0 Å². The summed E-state index contributed by atoms with van der Waals surface area (Å²) in [4.78, 5) is 16.3. The van der Waals surface area contributed by atoms with Crippen LogP contribution in [0.4, 0.5) is 10.1 Å². The van der Waals surface area contributed by atoms with Crippen LogP contribution < -0.4 is 10.6 Å². The van der Waals surface area contributed by atoms with Crippen LogP contribution in [0.25, 0.3) is 0 Å². The van der Waals surface area contributed by atoms with Gasteiger partial charge in [0.25, 0.3) is 5.91 Å². The molecule has 0 spiro atoms. The van der Waals surface area contributed by atoms with Crippen molar-refractivity contribution in [2.45, 2.75) is 13.1 Å². The molecule has 1 heterocycles. The van der Waals surface area contributed by atoms with E-state index in [4.69, 9.17) is 11.6 Å². The van der Waals surface area contributed by atoms with Gasteiger partial charge in [0.2, 0.25) is 0 Å². The minimum atomic E-state index is -0.366. The molecule has 1 aromatic heterocycles. The predicted octanol–water partition coefficient (Wildman–Crippen LogP) is 4.42. The van der Waals surface area contributed by atoms with E-state index in [1.165, 1.54) is 6.07 Å². The molecule has 0 atom stereocenters. The zero-order valence-corrected chi connectivity index (χ0v) is 14.6. The van der Waals surface area contributed by atoms with Crippen LogP contribution in [0.1, 0.15) is 21.6 Å². The van der Waals surface area contributed by atoms with Gasteiger partial charge in [-0.1, -0.05) is 48.0 Å². The number of aromatic nitrogens is 1. The highest BCUT2D eigenvalue weighted by Gasteiger charge is 2.09. The van der Waals surface area contributed by atoms with Gasteiger partial charge in [-0.15, -0.1) is 0 Å². The largest absolute Gasteiger partial charge is 0.381 e. The highest BCUT2D eigenvalue weighted by molar-refractivity contribution is 6.31. The molecular formula is C20H17ClFN3O. The SMILES string of the molecule is O=C(NCc1ccccc1F)c1cc(NCc2ccccc2Cl)ccn1. The van der Waals surface area contributed by atoms with Crippen LogP contribution in [0.2, 0.25) is 5.02 Å². The zero-order valence-electron chi connectivity index (χ0n) is 13.9. The molecule has 0 saturated carbocycles. The topological polar surface area (TPSA) is 54.0 Å². The molecule has 0 aliphatic heterocycles. The van der Waals surface area contributed by atoms with E-state index in [1.807, 2.05) is 24.3 Å². The van der Waals surface area contributed by atoms with Gasteiger partial charge in [0, 0.05) is 35.6 Å². The molecule has 4 nitrogen and oxygen atoms in total. The molecule has 1 amide bonds. The molecule has 0 radical (unpaired) electrons. The van der Waals surface area contributed by atoms with E-state index in [9.17, 15) is 9.18 Å². The standard InChI is InChI=1S/C20H17ClFN3O/c21-17-7-3-1-5-14(17)12-24-16-9-10-23-19(11-16)20(26)25-13-15-6-2-4-8-18(15)22/h1-11H,12-13H2,(H,23,24)(H,25,26). The van der Waals surface area contributed by atoms with Crippen LogP contribution in [0.15, 0.2) is 66.9 Å². The fraction of sp³-hybridized carbons (Fsp3) is 0.100. The lowest BCUT2D eigenvalue weighted by Crippen LogP contribution is -2.24. The molecule has 6 heteroatoms. The third-order valence-electron chi connectivity index (χ3n) is 3.83. The average Bonchev–Trinajstić information content (AvgIpc) is 2.67. The first-order valence-electron chi connectivity index (χ1n) is 8.08. The van der Waals surface area contributed by atoms with Gasteiger partial charge in [-0.2, -0.15) is 0 Å². The summed E-state index contributed by atoms with van der Waals surface area (Å²) in [6.07, 6.45) is 1.55. The number of anilines is 1. The Kier molecular flexibility index (Phi) is 5.81. The van der Waals surface area contributed by atoms with Crippen molar-refractivity contribution in [2.24, 2.45) is 0 Å². The van der Waals surface area contributed by atoms with Crippen LogP contribution in [0, 0.1) is 5.82 Å². The molecule has 0 bridgehead atoms. The quantitative estimate of drug-likeness (QED) is 0.676. The lowest BCUT2D eigenvalue weighted by atomic mass is 10.2. The van der Waals surface area contributed by atoms with Gasteiger partial charge in [0.1, 0.15) is 11.5 Å². The van der Waals surface area contributed by atoms with Crippen molar-refractivity contribution in [3.05, 3.63) is 94.5 Å². The highest BCUT2D eigenvalue weighted by atomic mass is 35.5. The number of halogens is 2. The Balaban J connectivity index is 1.62. The van der Waals surface area contributed by atoms with Crippen LogP contribution in [0.5, 0.6) is 0 Å². The minimum Gasteiger partial charge on any atom is -0.381 e. The maximum Gasteiger partial charge on any atom is 0.270 e. The second-order valence-corrected chi connectivity index (χ2v) is 6.06. The first kappa shape index (κ1) is 17.9. The number of nitrogens with one attached hydrogen (secondary N) is 2. The number of carbonyl (C=O) groups is 1. The number of nitrogens with zero attached hydrogens (tertiary/aromatic N) is 1. The van der Waals surface area contributed by atoms with Gasteiger partial charge in [0.15, 0.2) is 0 Å². The first-order chi connectivity index (χ1) is 12.6. The summed E-state index contributed by atoms with van der Waals surface area (Å²) in [6, 6.07) is 17.3. The van der Waals surface area contributed by atoms with Crippen molar-refractivity contribution in [1.82, 2.24) is 10.3 Å². The Morgan fingerprint density at radius 1 is 1.00 bits per heavy atom. The van der Waals surface area contributed by atoms with Crippen molar-refractivity contribution < 1.29 is 9.18 Å². The molecule has 3 aromatic rings. The van der Waals surface area contributed by atoms with Crippen molar-refractivity contribution in [3.63, 3.8) is 0 Å². The fourth-order valence-electron chi connectivity index (χ4n) is 2.41. The van der Waals surface area contributed by atoms with Gasteiger partial charge < -0.3 is 10.6 Å². The van der Waals surface area contributed by atoms with E-state index >= 15 is 0 Å². The normalized spacial score (nSPS) is 10.4. The predicted molar refractivity (Wildman–Crippen MR) is 101 cm³/mol. The third-order valence-corrected chi connectivity index (χ3v) is 4.20. The molecule has 0 unspecified atom stereocenters. The molecule has 0 saturated heterocycles. The summed E-state index contributed by atoms with van der Waals surface area (Å²) < 4.78 is 13.6. The minimum absolute atomic E-state index is 0.102. The number of pyridine rings is 1. The summed E-state index contributed by atoms with van der Waals surface area (Å²) in [5, 5.41) is 6.57. The third kappa shape index (κ3) is 4.58. The molecule has 0 aliphatic rings. The summed E-state index contributed by atoms with van der Waals surface area (Å²) in [6.45, 7) is 0.629. The lowest BCUT2D eigenvalue weighted by molar-refractivity contribution is 0.0945.